The highest BCUT2D eigenvalue weighted by molar-refractivity contribution is 5.97. The van der Waals surface area contributed by atoms with Crippen molar-refractivity contribution in [2.45, 2.75) is 44.7 Å². The molecule has 1 fully saturated rings. The zero-order chi connectivity index (χ0) is 22.8. The van der Waals surface area contributed by atoms with E-state index in [-0.39, 0.29) is 24.4 Å². The Morgan fingerprint density at radius 3 is 2.58 bits per heavy atom. The van der Waals surface area contributed by atoms with Crippen molar-refractivity contribution in [1.29, 1.82) is 0 Å². The van der Waals surface area contributed by atoms with Gasteiger partial charge < -0.3 is 19.5 Å². The number of ether oxygens (including phenoxy) is 1. The van der Waals surface area contributed by atoms with E-state index >= 15 is 0 Å². The van der Waals surface area contributed by atoms with Crippen molar-refractivity contribution in [1.82, 2.24) is 14.8 Å². The number of para-hydroxylation sites is 1. The molecule has 1 aromatic heterocycles. The fourth-order valence-corrected chi connectivity index (χ4v) is 5.20. The molecule has 1 N–H and O–H groups in total. The molecule has 33 heavy (non-hydrogen) atoms. The number of carbonyl (C=O) groups is 2. The van der Waals surface area contributed by atoms with Gasteiger partial charge in [0, 0.05) is 42.8 Å². The number of benzene rings is 2. The number of aromatic nitrogens is 1. The van der Waals surface area contributed by atoms with Crippen LogP contribution in [0.4, 0.5) is 0 Å². The lowest BCUT2D eigenvalue weighted by Crippen LogP contribution is -2.63. The fourth-order valence-electron chi connectivity index (χ4n) is 5.20. The molecule has 2 aliphatic heterocycles. The summed E-state index contributed by atoms with van der Waals surface area (Å²) in [6.45, 7) is 4.19. The Bertz CT molecular complexity index is 1140. The standard InChI is InChI=1S/C27H31N3O3/c1-2-3-15-33-16-9-14-29-18-24(31)30-23(27(29)32)17-21-20-12-7-8-13-22(20)28-25(21)26(30)19-10-5-4-6-11-19/h4-8,10-13,23,26,28H,2-3,9,14-18H2,1H3/t23-,26?/m1/s1. The fraction of sp³-hybridized carbons (Fsp3) is 0.407. The van der Waals surface area contributed by atoms with Crippen LogP contribution in [-0.2, 0) is 20.7 Å². The Morgan fingerprint density at radius 2 is 1.76 bits per heavy atom. The van der Waals surface area contributed by atoms with Gasteiger partial charge in [0.15, 0.2) is 0 Å². The number of amides is 2. The summed E-state index contributed by atoms with van der Waals surface area (Å²) in [5.41, 5.74) is 4.24. The van der Waals surface area contributed by atoms with Crippen LogP contribution in [0.1, 0.15) is 49.0 Å². The zero-order valence-corrected chi connectivity index (χ0v) is 19.1. The number of nitrogens with one attached hydrogen (secondary N) is 1. The summed E-state index contributed by atoms with van der Waals surface area (Å²) < 4.78 is 5.66. The van der Waals surface area contributed by atoms with E-state index in [1.807, 2.05) is 47.4 Å². The smallest absolute Gasteiger partial charge is 0.246 e. The number of rotatable bonds is 8. The predicted molar refractivity (Wildman–Crippen MR) is 128 cm³/mol. The van der Waals surface area contributed by atoms with Crippen LogP contribution in [0.3, 0.4) is 0 Å². The molecular formula is C27H31N3O3. The Hall–Kier alpha value is -3.12. The summed E-state index contributed by atoms with van der Waals surface area (Å²) in [5.74, 6) is 0.0460. The van der Waals surface area contributed by atoms with Gasteiger partial charge in [0.05, 0.1) is 12.6 Å². The summed E-state index contributed by atoms with van der Waals surface area (Å²) in [5, 5.41) is 1.13. The maximum atomic E-state index is 13.6. The maximum Gasteiger partial charge on any atom is 0.246 e. The third kappa shape index (κ3) is 4.04. The van der Waals surface area contributed by atoms with Crippen LogP contribution in [-0.4, -0.2) is 58.9 Å². The van der Waals surface area contributed by atoms with E-state index in [9.17, 15) is 9.59 Å². The molecule has 5 rings (SSSR count). The number of unbranched alkanes of at least 4 members (excludes halogenated alkanes) is 1. The van der Waals surface area contributed by atoms with Gasteiger partial charge in [-0.15, -0.1) is 0 Å². The van der Waals surface area contributed by atoms with Crippen molar-refractivity contribution < 1.29 is 14.3 Å². The van der Waals surface area contributed by atoms with Crippen LogP contribution in [0.15, 0.2) is 54.6 Å². The second kappa shape index (κ2) is 9.40. The molecule has 2 amide bonds. The number of hydrogen-bond donors (Lipinski definition) is 1. The van der Waals surface area contributed by atoms with Crippen LogP contribution >= 0.6 is 0 Å². The number of H-pyrrole nitrogens is 1. The Balaban J connectivity index is 1.45. The van der Waals surface area contributed by atoms with Crippen LogP contribution < -0.4 is 0 Å². The Morgan fingerprint density at radius 1 is 1.00 bits per heavy atom. The normalized spacial score (nSPS) is 20.3. The van der Waals surface area contributed by atoms with Gasteiger partial charge >= 0.3 is 0 Å². The lowest BCUT2D eigenvalue weighted by molar-refractivity contribution is -0.158. The first kappa shape index (κ1) is 21.7. The Labute approximate surface area is 194 Å². The van der Waals surface area contributed by atoms with Gasteiger partial charge in [0.25, 0.3) is 0 Å². The first-order chi connectivity index (χ1) is 16.2. The average Bonchev–Trinajstić information content (AvgIpc) is 3.22. The first-order valence-corrected chi connectivity index (χ1v) is 12.0. The van der Waals surface area contributed by atoms with E-state index in [2.05, 4.69) is 24.0 Å². The largest absolute Gasteiger partial charge is 0.381 e. The SMILES string of the molecule is CCCCOCCCN1CC(=O)N2C(c3ccccc3)c3[nH]c4ccccc4c3C[C@@H]2C1=O. The Kier molecular flexibility index (Phi) is 6.18. The predicted octanol–water partition coefficient (Wildman–Crippen LogP) is 4.06. The molecule has 1 saturated heterocycles. The molecule has 2 aliphatic rings. The highest BCUT2D eigenvalue weighted by atomic mass is 16.5. The number of aromatic amines is 1. The van der Waals surface area contributed by atoms with Gasteiger partial charge in [-0.25, -0.2) is 0 Å². The number of nitrogens with zero attached hydrogens (tertiary/aromatic N) is 2. The minimum atomic E-state index is -0.482. The summed E-state index contributed by atoms with van der Waals surface area (Å²) in [4.78, 5) is 34.2. The van der Waals surface area contributed by atoms with E-state index in [0.29, 0.717) is 19.6 Å². The van der Waals surface area contributed by atoms with Gasteiger partial charge in [-0.3, -0.25) is 9.59 Å². The monoisotopic (exact) mass is 445 g/mol. The van der Waals surface area contributed by atoms with Crippen molar-refractivity contribution in [2.24, 2.45) is 0 Å². The third-order valence-electron chi connectivity index (χ3n) is 6.82. The molecule has 6 heteroatoms. The minimum Gasteiger partial charge on any atom is -0.381 e. The average molecular weight is 446 g/mol. The summed E-state index contributed by atoms with van der Waals surface area (Å²) >= 11 is 0. The molecular weight excluding hydrogens is 414 g/mol. The highest BCUT2D eigenvalue weighted by Gasteiger charge is 2.47. The summed E-state index contributed by atoms with van der Waals surface area (Å²) in [6, 6.07) is 17.5. The van der Waals surface area contributed by atoms with Crippen molar-refractivity contribution in [3.8, 4) is 0 Å². The van der Waals surface area contributed by atoms with E-state index in [1.165, 1.54) is 0 Å². The van der Waals surface area contributed by atoms with Crippen molar-refractivity contribution in [3.63, 3.8) is 0 Å². The van der Waals surface area contributed by atoms with Gasteiger partial charge in [-0.1, -0.05) is 61.9 Å². The quantitative estimate of drug-likeness (QED) is 0.532. The molecule has 2 atom stereocenters. The van der Waals surface area contributed by atoms with Gasteiger partial charge in [-0.2, -0.15) is 0 Å². The van der Waals surface area contributed by atoms with E-state index in [0.717, 1.165) is 53.6 Å². The van der Waals surface area contributed by atoms with E-state index in [1.54, 1.807) is 4.90 Å². The van der Waals surface area contributed by atoms with Gasteiger partial charge in [0.2, 0.25) is 11.8 Å². The summed E-state index contributed by atoms with van der Waals surface area (Å²) in [6.07, 6.45) is 3.44. The molecule has 0 bridgehead atoms. The van der Waals surface area contributed by atoms with Crippen LogP contribution in [0.2, 0.25) is 0 Å². The van der Waals surface area contributed by atoms with Gasteiger partial charge in [-0.05, 0) is 30.0 Å². The second-order valence-corrected chi connectivity index (χ2v) is 8.98. The van der Waals surface area contributed by atoms with Gasteiger partial charge in [0.1, 0.15) is 6.04 Å². The van der Waals surface area contributed by atoms with Crippen molar-refractivity contribution in [2.75, 3.05) is 26.3 Å². The van der Waals surface area contributed by atoms with Crippen LogP contribution in [0.5, 0.6) is 0 Å². The highest BCUT2D eigenvalue weighted by Crippen LogP contribution is 2.42. The number of piperazine rings is 1. The van der Waals surface area contributed by atoms with Crippen LogP contribution in [0, 0.1) is 0 Å². The zero-order valence-electron chi connectivity index (χ0n) is 19.1. The van der Waals surface area contributed by atoms with E-state index in [4.69, 9.17) is 4.74 Å². The molecule has 3 aromatic rings. The molecule has 1 unspecified atom stereocenters. The lowest BCUT2D eigenvalue weighted by atomic mass is 9.86. The number of fused-ring (bicyclic) bond motifs is 4. The molecule has 0 saturated carbocycles. The molecule has 0 radical (unpaired) electrons. The molecule has 172 valence electrons. The maximum absolute atomic E-state index is 13.6. The molecule has 0 aliphatic carbocycles. The third-order valence-corrected chi connectivity index (χ3v) is 6.82. The molecule has 2 aromatic carbocycles. The molecule has 3 heterocycles. The number of hydrogen-bond acceptors (Lipinski definition) is 3. The van der Waals surface area contributed by atoms with Crippen LogP contribution in [0.25, 0.3) is 10.9 Å². The number of carbonyl (C=O) groups excluding carboxylic acids is 2. The lowest BCUT2D eigenvalue weighted by Gasteiger charge is -2.47. The first-order valence-electron chi connectivity index (χ1n) is 12.0. The van der Waals surface area contributed by atoms with Crippen molar-refractivity contribution in [3.05, 3.63) is 71.4 Å². The molecule has 0 spiro atoms. The topological polar surface area (TPSA) is 65.6 Å². The van der Waals surface area contributed by atoms with E-state index < -0.39 is 6.04 Å². The summed E-state index contributed by atoms with van der Waals surface area (Å²) in [7, 11) is 0. The molecule has 6 nitrogen and oxygen atoms in total. The second-order valence-electron chi connectivity index (χ2n) is 8.98. The van der Waals surface area contributed by atoms with Crippen molar-refractivity contribution >= 4 is 22.7 Å². The minimum absolute atomic E-state index is 0.00432.